The van der Waals surface area contributed by atoms with Crippen LogP contribution in [-0.4, -0.2) is 32.0 Å². The highest BCUT2D eigenvalue weighted by Gasteiger charge is 2.11. The lowest BCUT2D eigenvalue weighted by Gasteiger charge is -2.18. The number of hydrogen-bond acceptors (Lipinski definition) is 3. The van der Waals surface area contributed by atoms with Crippen LogP contribution in [0.1, 0.15) is 5.56 Å². The molecular weight excluding hydrogens is 236 g/mol. The predicted molar refractivity (Wildman–Crippen MR) is 61.3 cm³/mol. The summed E-state index contributed by atoms with van der Waals surface area (Å²) in [5.41, 5.74) is 0.843. The van der Waals surface area contributed by atoms with Crippen LogP contribution >= 0.6 is 11.6 Å². The van der Waals surface area contributed by atoms with E-state index in [1.54, 1.807) is 20.2 Å². The molecule has 90 valence electrons. The Bertz CT molecular complexity index is 347. The number of pyridine rings is 1. The van der Waals surface area contributed by atoms with Crippen LogP contribution in [0.5, 0.6) is 0 Å². The van der Waals surface area contributed by atoms with E-state index in [0.29, 0.717) is 17.4 Å². The first kappa shape index (κ1) is 13.1. The summed E-state index contributed by atoms with van der Waals surface area (Å²) in [6.45, 7) is 0.241. The molecule has 0 aliphatic rings. The Morgan fingerprint density at radius 1 is 1.56 bits per heavy atom. The summed E-state index contributed by atoms with van der Waals surface area (Å²) >= 11 is 5.92. The molecule has 0 aromatic carbocycles. The van der Waals surface area contributed by atoms with Gasteiger partial charge >= 0.3 is 0 Å². The van der Waals surface area contributed by atoms with Crippen molar-refractivity contribution in [3.05, 3.63) is 22.8 Å². The van der Waals surface area contributed by atoms with Crippen LogP contribution in [0.25, 0.3) is 0 Å². The van der Waals surface area contributed by atoms with Crippen LogP contribution in [0.2, 0.25) is 5.02 Å². The molecule has 16 heavy (non-hydrogen) atoms. The summed E-state index contributed by atoms with van der Waals surface area (Å²) in [4.78, 5) is 5.41. The van der Waals surface area contributed by atoms with Gasteiger partial charge in [-0.15, -0.1) is 0 Å². The van der Waals surface area contributed by atoms with Gasteiger partial charge in [-0.2, -0.15) is 0 Å². The highest BCUT2D eigenvalue weighted by atomic mass is 35.5. The molecule has 6 heteroatoms. The summed E-state index contributed by atoms with van der Waals surface area (Å²) in [5.74, 6) is 0.495. The predicted octanol–water partition coefficient (Wildman–Crippen LogP) is 2.16. The van der Waals surface area contributed by atoms with Crippen molar-refractivity contribution in [2.24, 2.45) is 0 Å². The third kappa shape index (κ3) is 3.57. The van der Waals surface area contributed by atoms with Crippen molar-refractivity contribution >= 4 is 17.4 Å². The van der Waals surface area contributed by atoms with Crippen molar-refractivity contribution in [1.29, 1.82) is 0 Å². The Hall–Kier alpha value is -0.940. The molecule has 0 saturated carbocycles. The van der Waals surface area contributed by atoms with E-state index < -0.39 is 6.43 Å². The molecule has 0 fully saturated rings. The molecular formula is C10H14ClF2N3. The minimum atomic E-state index is -2.38. The molecule has 0 radical (unpaired) electrons. The highest BCUT2D eigenvalue weighted by Crippen LogP contribution is 2.20. The fraction of sp³-hybridized carbons (Fsp3) is 0.500. The first-order chi connectivity index (χ1) is 7.54. The molecule has 0 bridgehead atoms. The number of halogens is 3. The smallest absolute Gasteiger partial charge is 0.255 e. The Morgan fingerprint density at radius 2 is 2.25 bits per heavy atom. The minimum absolute atomic E-state index is 0.340. The van der Waals surface area contributed by atoms with E-state index in [-0.39, 0.29) is 6.54 Å². The molecule has 0 saturated heterocycles. The summed E-state index contributed by atoms with van der Waals surface area (Å²) in [5, 5.41) is 3.48. The second-order valence-electron chi connectivity index (χ2n) is 3.44. The third-order valence-corrected chi connectivity index (χ3v) is 2.43. The van der Waals surface area contributed by atoms with Crippen LogP contribution in [0.3, 0.4) is 0 Å². The van der Waals surface area contributed by atoms with Gasteiger partial charge in [-0.1, -0.05) is 11.6 Å². The Kier molecular flexibility index (Phi) is 4.89. The first-order valence-corrected chi connectivity index (χ1v) is 5.20. The van der Waals surface area contributed by atoms with Crippen molar-refractivity contribution in [1.82, 2.24) is 10.3 Å². The number of anilines is 1. The lowest BCUT2D eigenvalue weighted by molar-refractivity contribution is 0.156. The van der Waals surface area contributed by atoms with Crippen LogP contribution in [0.15, 0.2) is 12.3 Å². The molecule has 0 amide bonds. The number of rotatable bonds is 5. The summed E-state index contributed by atoms with van der Waals surface area (Å²) in [6, 6.07) is 1.71. The third-order valence-electron chi connectivity index (χ3n) is 2.09. The van der Waals surface area contributed by atoms with Crippen molar-refractivity contribution in [3.63, 3.8) is 0 Å². The van der Waals surface area contributed by atoms with Gasteiger partial charge in [-0.25, -0.2) is 13.8 Å². The zero-order valence-corrected chi connectivity index (χ0v) is 9.93. The zero-order chi connectivity index (χ0) is 12.1. The van der Waals surface area contributed by atoms with Gasteiger partial charge in [0.1, 0.15) is 5.82 Å². The lowest BCUT2D eigenvalue weighted by atomic mass is 10.2. The Balaban J connectivity index is 2.84. The second-order valence-corrected chi connectivity index (χ2v) is 3.84. The van der Waals surface area contributed by atoms with Crippen LogP contribution in [-0.2, 0) is 6.54 Å². The molecule has 1 N–H and O–H groups in total. The second kappa shape index (κ2) is 5.96. The largest absolute Gasteiger partial charge is 0.354 e. The van der Waals surface area contributed by atoms with E-state index in [2.05, 4.69) is 10.3 Å². The quantitative estimate of drug-likeness (QED) is 0.867. The molecule has 0 aliphatic heterocycles. The van der Waals surface area contributed by atoms with Crippen molar-refractivity contribution in [2.45, 2.75) is 13.0 Å². The van der Waals surface area contributed by atoms with E-state index in [1.165, 1.54) is 11.1 Å². The standard InChI is InChI=1S/C10H14ClF2N3/c1-14-4-7-3-10(15-5-8(7)11)16(2)6-9(12)13/h3,5,9,14H,4,6H2,1-2H3. The van der Waals surface area contributed by atoms with Crippen molar-refractivity contribution in [2.75, 3.05) is 25.5 Å². The maximum atomic E-state index is 12.2. The zero-order valence-electron chi connectivity index (χ0n) is 9.17. The summed E-state index contributed by atoms with van der Waals surface area (Å²) in [6.07, 6.45) is -0.902. The van der Waals surface area contributed by atoms with Crippen LogP contribution in [0.4, 0.5) is 14.6 Å². The average molecular weight is 250 g/mol. The molecule has 0 spiro atoms. The monoisotopic (exact) mass is 249 g/mol. The SMILES string of the molecule is CNCc1cc(N(C)CC(F)F)ncc1Cl. The topological polar surface area (TPSA) is 28.2 Å². The van der Waals surface area contributed by atoms with Gasteiger partial charge in [0, 0.05) is 19.8 Å². The van der Waals surface area contributed by atoms with Crippen molar-refractivity contribution < 1.29 is 8.78 Å². The molecule has 1 rings (SSSR count). The van der Waals surface area contributed by atoms with Gasteiger partial charge in [-0.3, -0.25) is 0 Å². The van der Waals surface area contributed by atoms with Gasteiger partial charge < -0.3 is 10.2 Å². The van der Waals surface area contributed by atoms with Crippen LogP contribution < -0.4 is 10.2 Å². The lowest BCUT2D eigenvalue weighted by Crippen LogP contribution is -2.25. The molecule has 3 nitrogen and oxygen atoms in total. The normalized spacial score (nSPS) is 10.9. The number of hydrogen-bond donors (Lipinski definition) is 1. The number of aromatic nitrogens is 1. The number of nitrogens with zero attached hydrogens (tertiary/aromatic N) is 2. The van der Waals surface area contributed by atoms with E-state index >= 15 is 0 Å². The van der Waals surface area contributed by atoms with Gasteiger partial charge in [0.15, 0.2) is 0 Å². The van der Waals surface area contributed by atoms with E-state index in [9.17, 15) is 8.78 Å². The van der Waals surface area contributed by atoms with Gasteiger partial charge in [0.25, 0.3) is 6.43 Å². The highest BCUT2D eigenvalue weighted by molar-refractivity contribution is 6.31. The van der Waals surface area contributed by atoms with Crippen molar-refractivity contribution in [3.8, 4) is 0 Å². The minimum Gasteiger partial charge on any atom is -0.354 e. The van der Waals surface area contributed by atoms with E-state index in [1.807, 2.05) is 0 Å². The van der Waals surface area contributed by atoms with Crippen LogP contribution in [0, 0.1) is 0 Å². The average Bonchev–Trinajstić information content (AvgIpc) is 2.20. The van der Waals surface area contributed by atoms with E-state index in [0.717, 1.165) is 5.56 Å². The first-order valence-electron chi connectivity index (χ1n) is 4.83. The Labute approximate surface area is 98.4 Å². The Morgan fingerprint density at radius 3 is 2.81 bits per heavy atom. The van der Waals surface area contributed by atoms with Gasteiger partial charge in [0.2, 0.25) is 0 Å². The molecule has 0 unspecified atom stereocenters. The molecule has 0 aliphatic carbocycles. The molecule has 1 aromatic heterocycles. The molecule has 0 atom stereocenters. The maximum absolute atomic E-state index is 12.2. The maximum Gasteiger partial charge on any atom is 0.255 e. The number of alkyl halides is 2. The molecule has 1 aromatic rings. The van der Waals surface area contributed by atoms with Gasteiger partial charge in [-0.05, 0) is 18.7 Å². The van der Waals surface area contributed by atoms with E-state index in [4.69, 9.17) is 11.6 Å². The summed E-state index contributed by atoms with van der Waals surface area (Å²) in [7, 11) is 3.37. The summed E-state index contributed by atoms with van der Waals surface area (Å²) < 4.78 is 24.4. The number of nitrogens with one attached hydrogen (secondary N) is 1. The van der Waals surface area contributed by atoms with Gasteiger partial charge in [0.05, 0.1) is 11.6 Å². The molecule has 1 heterocycles. The fourth-order valence-corrected chi connectivity index (χ4v) is 1.47. The fourth-order valence-electron chi connectivity index (χ4n) is 1.30.